The van der Waals surface area contributed by atoms with Crippen molar-refractivity contribution in [3.05, 3.63) is 51.2 Å². The Bertz CT molecular complexity index is 568. The van der Waals surface area contributed by atoms with Gasteiger partial charge in [0.15, 0.2) is 0 Å². The van der Waals surface area contributed by atoms with Gasteiger partial charge in [0.05, 0.1) is 23.0 Å². The first-order chi connectivity index (χ1) is 9.67. The molecule has 1 heterocycles. The van der Waals surface area contributed by atoms with Crippen LogP contribution in [0.5, 0.6) is 0 Å². The second-order valence-corrected chi connectivity index (χ2v) is 5.97. The van der Waals surface area contributed by atoms with Gasteiger partial charge in [0.2, 0.25) is 0 Å². The van der Waals surface area contributed by atoms with Crippen LogP contribution in [0.1, 0.15) is 37.6 Å². The largest absolute Gasteiger partial charge is 0.305 e. The van der Waals surface area contributed by atoms with Crippen LogP contribution in [0.3, 0.4) is 0 Å². The van der Waals surface area contributed by atoms with Crippen molar-refractivity contribution in [1.29, 1.82) is 0 Å². The molecule has 0 aliphatic rings. The van der Waals surface area contributed by atoms with Crippen LogP contribution >= 0.6 is 27.5 Å². The number of nitrogens with zero attached hydrogens (tertiary/aromatic N) is 2. The molecule has 5 heteroatoms. The van der Waals surface area contributed by atoms with E-state index in [0.29, 0.717) is 5.02 Å². The van der Waals surface area contributed by atoms with Gasteiger partial charge in [-0.15, -0.1) is 0 Å². The minimum Gasteiger partial charge on any atom is -0.305 e. The first kappa shape index (κ1) is 15.5. The molecule has 0 radical (unpaired) electrons. The number of hydrogen-bond acceptors (Lipinski definition) is 2. The summed E-state index contributed by atoms with van der Waals surface area (Å²) in [6, 6.07) is 8.35. The summed E-state index contributed by atoms with van der Waals surface area (Å²) >= 11 is 9.90. The Labute approximate surface area is 133 Å². The molecule has 0 saturated carbocycles. The van der Waals surface area contributed by atoms with E-state index in [1.807, 2.05) is 16.8 Å². The number of nitrogens with one attached hydrogen (secondary N) is 1. The molecule has 2 aromatic rings. The Morgan fingerprint density at radius 2 is 2.20 bits per heavy atom. The maximum absolute atomic E-state index is 6.37. The maximum atomic E-state index is 6.37. The van der Waals surface area contributed by atoms with Crippen molar-refractivity contribution in [2.45, 2.75) is 32.9 Å². The third-order valence-electron chi connectivity index (χ3n) is 3.13. The van der Waals surface area contributed by atoms with Gasteiger partial charge < -0.3 is 5.32 Å². The van der Waals surface area contributed by atoms with Gasteiger partial charge in [-0.2, -0.15) is 5.10 Å². The fourth-order valence-electron chi connectivity index (χ4n) is 2.31. The molecule has 2 rings (SSSR count). The summed E-state index contributed by atoms with van der Waals surface area (Å²) in [4.78, 5) is 0. The van der Waals surface area contributed by atoms with E-state index in [4.69, 9.17) is 11.6 Å². The third kappa shape index (κ3) is 3.43. The standard InChI is InChI=1S/C15H19BrClN3/c1-3-8-20-15(13(17)10-19-20)14(18-4-2)11-6-5-7-12(16)9-11/h5-7,9-10,14,18H,3-4,8H2,1-2H3. The molecule has 0 saturated heterocycles. The molecule has 0 amide bonds. The fourth-order valence-corrected chi connectivity index (χ4v) is 2.98. The predicted molar refractivity (Wildman–Crippen MR) is 87.2 cm³/mol. The van der Waals surface area contributed by atoms with Crippen molar-refractivity contribution in [2.75, 3.05) is 6.54 Å². The van der Waals surface area contributed by atoms with E-state index in [9.17, 15) is 0 Å². The summed E-state index contributed by atoms with van der Waals surface area (Å²) in [7, 11) is 0. The van der Waals surface area contributed by atoms with Crippen LogP contribution < -0.4 is 5.32 Å². The molecule has 0 aliphatic heterocycles. The van der Waals surface area contributed by atoms with E-state index in [1.165, 1.54) is 5.56 Å². The Balaban J connectivity index is 2.45. The Hall–Kier alpha value is -0.840. The quantitative estimate of drug-likeness (QED) is 0.831. The number of rotatable bonds is 6. The monoisotopic (exact) mass is 355 g/mol. The highest BCUT2D eigenvalue weighted by atomic mass is 79.9. The zero-order valence-electron chi connectivity index (χ0n) is 11.7. The third-order valence-corrected chi connectivity index (χ3v) is 3.92. The molecule has 0 aliphatic carbocycles. The van der Waals surface area contributed by atoms with Crippen LogP contribution in [-0.2, 0) is 6.54 Å². The molecule has 1 aromatic heterocycles. The van der Waals surface area contributed by atoms with E-state index in [1.54, 1.807) is 6.20 Å². The van der Waals surface area contributed by atoms with Crippen LogP contribution in [0.25, 0.3) is 0 Å². The highest BCUT2D eigenvalue weighted by Crippen LogP contribution is 2.29. The lowest BCUT2D eigenvalue weighted by Gasteiger charge is -2.20. The number of aryl methyl sites for hydroxylation is 1. The average molecular weight is 357 g/mol. The number of aromatic nitrogens is 2. The highest BCUT2D eigenvalue weighted by molar-refractivity contribution is 9.10. The van der Waals surface area contributed by atoms with Gasteiger partial charge in [-0.1, -0.05) is 53.5 Å². The normalized spacial score (nSPS) is 12.6. The van der Waals surface area contributed by atoms with E-state index in [2.05, 4.69) is 52.3 Å². The summed E-state index contributed by atoms with van der Waals surface area (Å²) in [6.07, 6.45) is 2.76. The van der Waals surface area contributed by atoms with Gasteiger partial charge in [0, 0.05) is 11.0 Å². The second-order valence-electron chi connectivity index (χ2n) is 4.65. The van der Waals surface area contributed by atoms with Crippen molar-refractivity contribution in [3.8, 4) is 0 Å². The van der Waals surface area contributed by atoms with Gasteiger partial charge in [-0.3, -0.25) is 4.68 Å². The van der Waals surface area contributed by atoms with Crippen molar-refractivity contribution in [3.63, 3.8) is 0 Å². The zero-order chi connectivity index (χ0) is 14.5. The number of hydrogen-bond donors (Lipinski definition) is 1. The number of benzene rings is 1. The molecule has 3 nitrogen and oxygen atoms in total. The minimum absolute atomic E-state index is 0.0547. The number of halogens is 2. The SMILES string of the molecule is CCCn1ncc(Cl)c1C(NCC)c1cccc(Br)c1. The van der Waals surface area contributed by atoms with Gasteiger partial charge in [-0.25, -0.2) is 0 Å². The van der Waals surface area contributed by atoms with E-state index in [-0.39, 0.29) is 6.04 Å². The lowest BCUT2D eigenvalue weighted by molar-refractivity contribution is 0.520. The highest BCUT2D eigenvalue weighted by Gasteiger charge is 2.21. The van der Waals surface area contributed by atoms with Crippen LogP contribution in [0.4, 0.5) is 0 Å². The molecule has 1 aromatic carbocycles. The van der Waals surface area contributed by atoms with Crippen molar-refractivity contribution in [2.24, 2.45) is 0 Å². The molecule has 1 unspecified atom stereocenters. The predicted octanol–water partition coefficient (Wildman–Crippen LogP) is 4.41. The van der Waals surface area contributed by atoms with Gasteiger partial charge >= 0.3 is 0 Å². The summed E-state index contributed by atoms with van der Waals surface area (Å²) < 4.78 is 3.06. The second kappa shape index (κ2) is 7.25. The topological polar surface area (TPSA) is 29.9 Å². The molecule has 108 valence electrons. The maximum Gasteiger partial charge on any atom is 0.0837 e. The molecule has 0 bridgehead atoms. The van der Waals surface area contributed by atoms with E-state index >= 15 is 0 Å². The molecular weight excluding hydrogens is 338 g/mol. The van der Waals surface area contributed by atoms with Crippen LogP contribution in [0.2, 0.25) is 5.02 Å². The summed E-state index contributed by atoms with van der Waals surface area (Å²) in [6.45, 7) is 5.98. The molecule has 1 N–H and O–H groups in total. The zero-order valence-corrected chi connectivity index (χ0v) is 14.1. The molecule has 1 atom stereocenters. The molecular formula is C15H19BrClN3. The van der Waals surface area contributed by atoms with Gasteiger partial charge in [-0.05, 0) is 30.7 Å². The summed E-state index contributed by atoms with van der Waals surface area (Å²) in [5, 5.41) is 8.60. The molecule has 0 fully saturated rings. The Morgan fingerprint density at radius 1 is 1.40 bits per heavy atom. The molecule has 20 heavy (non-hydrogen) atoms. The first-order valence-electron chi connectivity index (χ1n) is 6.87. The van der Waals surface area contributed by atoms with E-state index in [0.717, 1.165) is 29.7 Å². The molecule has 0 spiro atoms. The first-order valence-corrected chi connectivity index (χ1v) is 8.04. The van der Waals surface area contributed by atoms with Crippen molar-refractivity contribution < 1.29 is 0 Å². The van der Waals surface area contributed by atoms with Crippen molar-refractivity contribution >= 4 is 27.5 Å². The van der Waals surface area contributed by atoms with Crippen LogP contribution in [0, 0.1) is 0 Å². The fraction of sp³-hybridized carbons (Fsp3) is 0.400. The lowest BCUT2D eigenvalue weighted by Crippen LogP contribution is -2.25. The van der Waals surface area contributed by atoms with E-state index < -0.39 is 0 Å². The van der Waals surface area contributed by atoms with Gasteiger partial charge in [0.25, 0.3) is 0 Å². The summed E-state index contributed by atoms with van der Waals surface area (Å²) in [5.41, 5.74) is 2.22. The average Bonchev–Trinajstić information content (AvgIpc) is 2.78. The van der Waals surface area contributed by atoms with Crippen LogP contribution in [-0.4, -0.2) is 16.3 Å². The van der Waals surface area contributed by atoms with Crippen LogP contribution in [0.15, 0.2) is 34.9 Å². The Morgan fingerprint density at radius 3 is 2.85 bits per heavy atom. The summed E-state index contributed by atoms with van der Waals surface area (Å²) in [5.74, 6) is 0. The van der Waals surface area contributed by atoms with Gasteiger partial charge in [0.1, 0.15) is 0 Å². The minimum atomic E-state index is 0.0547. The Kier molecular flexibility index (Phi) is 5.64. The van der Waals surface area contributed by atoms with Crippen molar-refractivity contribution in [1.82, 2.24) is 15.1 Å². The smallest absolute Gasteiger partial charge is 0.0837 e. The lowest BCUT2D eigenvalue weighted by atomic mass is 10.0.